The first-order valence-corrected chi connectivity index (χ1v) is 6.20. The van der Waals surface area contributed by atoms with E-state index in [4.69, 9.17) is 0 Å². The Morgan fingerprint density at radius 2 is 1.90 bits per heavy atom. The van der Waals surface area contributed by atoms with Crippen LogP contribution >= 0.6 is 0 Å². The molecule has 1 atom stereocenters. The Morgan fingerprint density at radius 3 is 2.35 bits per heavy atom. The summed E-state index contributed by atoms with van der Waals surface area (Å²) in [6, 6.07) is -0.0376. The van der Waals surface area contributed by atoms with E-state index in [9.17, 15) is 18.0 Å². The lowest BCUT2D eigenvalue weighted by molar-refractivity contribution is -0.138. The van der Waals surface area contributed by atoms with Gasteiger partial charge >= 0.3 is 6.18 Å². The predicted molar refractivity (Wildman–Crippen MR) is 66.1 cm³/mol. The zero-order valence-corrected chi connectivity index (χ0v) is 11.2. The molecule has 20 heavy (non-hydrogen) atoms. The lowest BCUT2D eigenvalue weighted by atomic mass is 10.2. The van der Waals surface area contributed by atoms with Gasteiger partial charge in [0.25, 0.3) is 0 Å². The molecular weight excluding hydrogens is 273 g/mol. The molecule has 1 aliphatic heterocycles. The number of anilines is 1. The number of hydrogen-bond acceptors (Lipinski definition) is 4. The fourth-order valence-electron chi connectivity index (χ4n) is 2.16. The molecule has 1 aromatic heterocycles. The number of amides is 1. The molecule has 1 saturated heterocycles. The van der Waals surface area contributed by atoms with E-state index in [0.717, 1.165) is 12.4 Å². The van der Waals surface area contributed by atoms with Crippen LogP contribution in [-0.4, -0.2) is 46.5 Å². The normalized spacial score (nSPS) is 20.1. The first-order chi connectivity index (χ1) is 9.29. The Hall–Kier alpha value is -1.86. The second-order valence-corrected chi connectivity index (χ2v) is 4.78. The molecule has 1 aromatic rings. The van der Waals surface area contributed by atoms with Gasteiger partial charge in [-0.1, -0.05) is 0 Å². The van der Waals surface area contributed by atoms with E-state index in [-0.39, 0.29) is 17.9 Å². The number of alkyl halides is 3. The number of rotatable bonds is 1. The second-order valence-electron chi connectivity index (χ2n) is 4.78. The van der Waals surface area contributed by atoms with Gasteiger partial charge in [-0.15, -0.1) is 0 Å². The number of halogens is 3. The summed E-state index contributed by atoms with van der Waals surface area (Å²) in [6.07, 6.45) is -2.86. The van der Waals surface area contributed by atoms with Gasteiger partial charge in [0.05, 0.1) is 5.56 Å². The minimum Gasteiger partial charge on any atom is -0.339 e. The topological polar surface area (TPSA) is 49.3 Å². The Morgan fingerprint density at radius 1 is 1.30 bits per heavy atom. The summed E-state index contributed by atoms with van der Waals surface area (Å²) in [6.45, 7) is 4.92. The molecule has 0 aliphatic carbocycles. The highest BCUT2D eigenvalue weighted by Crippen LogP contribution is 2.28. The largest absolute Gasteiger partial charge is 0.419 e. The van der Waals surface area contributed by atoms with Gasteiger partial charge in [0.15, 0.2) is 0 Å². The van der Waals surface area contributed by atoms with Gasteiger partial charge in [-0.25, -0.2) is 9.97 Å². The summed E-state index contributed by atoms with van der Waals surface area (Å²) >= 11 is 0. The molecule has 8 heteroatoms. The highest BCUT2D eigenvalue weighted by molar-refractivity contribution is 5.73. The van der Waals surface area contributed by atoms with E-state index in [0.29, 0.717) is 19.6 Å². The van der Waals surface area contributed by atoms with Gasteiger partial charge in [0, 0.05) is 45.0 Å². The van der Waals surface area contributed by atoms with Crippen LogP contribution in [-0.2, 0) is 11.0 Å². The van der Waals surface area contributed by atoms with Crippen molar-refractivity contribution in [3.63, 3.8) is 0 Å². The molecule has 2 rings (SSSR count). The zero-order valence-electron chi connectivity index (χ0n) is 11.2. The molecule has 1 amide bonds. The van der Waals surface area contributed by atoms with E-state index < -0.39 is 11.7 Å². The fraction of sp³-hybridized carbons (Fsp3) is 0.583. The van der Waals surface area contributed by atoms with E-state index in [1.54, 1.807) is 9.80 Å². The minimum atomic E-state index is -4.43. The van der Waals surface area contributed by atoms with Crippen molar-refractivity contribution in [1.29, 1.82) is 0 Å². The summed E-state index contributed by atoms with van der Waals surface area (Å²) in [7, 11) is 0. The van der Waals surface area contributed by atoms with Crippen LogP contribution in [0.1, 0.15) is 19.4 Å². The van der Waals surface area contributed by atoms with Gasteiger partial charge in [-0.05, 0) is 6.92 Å². The molecule has 110 valence electrons. The smallest absolute Gasteiger partial charge is 0.339 e. The highest BCUT2D eigenvalue weighted by Gasteiger charge is 2.32. The van der Waals surface area contributed by atoms with Gasteiger partial charge in [-0.2, -0.15) is 13.2 Å². The SMILES string of the molecule is CC(=O)N1CCN(c2ncc(C(F)(F)F)cn2)[C@H](C)C1. The van der Waals surface area contributed by atoms with Crippen LogP contribution in [0.4, 0.5) is 19.1 Å². The Labute approximate surface area is 114 Å². The number of piperazine rings is 1. The van der Waals surface area contributed by atoms with Crippen LogP contribution in [0.2, 0.25) is 0 Å². The maximum Gasteiger partial charge on any atom is 0.419 e. The van der Waals surface area contributed by atoms with E-state index >= 15 is 0 Å². The molecule has 0 spiro atoms. The van der Waals surface area contributed by atoms with Crippen LogP contribution < -0.4 is 4.90 Å². The number of carbonyl (C=O) groups excluding carboxylic acids is 1. The second kappa shape index (κ2) is 5.26. The number of nitrogens with zero attached hydrogens (tertiary/aromatic N) is 4. The summed E-state index contributed by atoms with van der Waals surface area (Å²) in [4.78, 5) is 22.4. The third-order valence-electron chi connectivity index (χ3n) is 3.30. The predicted octanol–water partition coefficient (Wildman–Crippen LogP) is 1.55. The van der Waals surface area contributed by atoms with Crippen LogP contribution in [0.3, 0.4) is 0 Å². The molecule has 0 N–H and O–H groups in total. The third kappa shape index (κ3) is 3.00. The number of carbonyl (C=O) groups is 1. The van der Waals surface area contributed by atoms with Gasteiger partial charge in [0.1, 0.15) is 0 Å². The maximum absolute atomic E-state index is 12.4. The van der Waals surface area contributed by atoms with Gasteiger partial charge in [0.2, 0.25) is 11.9 Å². The highest BCUT2D eigenvalue weighted by atomic mass is 19.4. The number of hydrogen-bond donors (Lipinski definition) is 0. The molecule has 0 unspecified atom stereocenters. The maximum atomic E-state index is 12.4. The average molecular weight is 288 g/mol. The van der Waals surface area contributed by atoms with Crippen molar-refractivity contribution in [2.75, 3.05) is 24.5 Å². The van der Waals surface area contributed by atoms with Crippen molar-refractivity contribution < 1.29 is 18.0 Å². The summed E-state index contributed by atoms with van der Waals surface area (Å²) in [5.41, 5.74) is -0.865. The molecule has 0 radical (unpaired) electrons. The molecule has 5 nitrogen and oxygen atoms in total. The molecule has 2 heterocycles. The lowest BCUT2D eigenvalue weighted by Crippen LogP contribution is -2.53. The van der Waals surface area contributed by atoms with Crippen molar-refractivity contribution in [3.8, 4) is 0 Å². The van der Waals surface area contributed by atoms with Gasteiger partial charge in [-0.3, -0.25) is 4.79 Å². The molecular formula is C12H15F3N4O. The van der Waals surface area contributed by atoms with Crippen molar-refractivity contribution in [2.45, 2.75) is 26.1 Å². The van der Waals surface area contributed by atoms with Crippen LogP contribution in [0.25, 0.3) is 0 Å². The van der Waals surface area contributed by atoms with Crippen molar-refractivity contribution in [1.82, 2.24) is 14.9 Å². The van der Waals surface area contributed by atoms with Gasteiger partial charge < -0.3 is 9.80 Å². The first kappa shape index (κ1) is 14.5. The van der Waals surface area contributed by atoms with Crippen molar-refractivity contribution >= 4 is 11.9 Å². The molecule has 1 fully saturated rings. The average Bonchev–Trinajstić information content (AvgIpc) is 2.37. The van der Waals surface area contributed by atoms with Crippen molar-refractivity contribution in [3.05, 3.63) is 18.0 Å². The molecule has 0 bridgehead atoms. The fourth-order valence-corrected chi connectivity index (χ4v) is 2.16. The van der Waals surface area contributed by atoms with Crippen molar-refractivity contribution in [2.24, 2.45) is 0 Å². The summed E-state index contributed by atoms with van der Waals surface area (Å²) in [5, 5.41) is 0. The summed E-state index contributed by atoms with van der Waals surface area (Å²) < 4.78 is 37.3. The number of aromatic nitrogens is 2. The third-order valence-corrected chi connectivity index (χ3v) is 3.30. The van der Waals surface area contributed by atoms with Crippen LogP contribution in [0.15, 0.2) is 12.4 Å². The molecule has 0 aromatic carbocycles. The van der Waals surface area contributed by atoms with E-state index in [1.165, 1.54) is 6.92 Å². The van der Waals surface area contributed by atoms with Crippen LogP contribution in [0, 0.1) is 0 Å². The van der Waals surface area contributed by atoms with Crippen LogP contribution in [0.5, 0.6) is 0 Å². The quantitative estimate of drug-likeness (QED) is 0.787. The monoisotopic (exact) mass is 288 g/mol. The Balaban J connectivity index is 2.11. The standard InChI is InChI=1S/C12H15F3N4O/c1-8-7-18(9(2)20)3-4-19(8)11-16-5-10(6-17-11)12(13,14)15/h5-6,8H,3-4,7H2,1-2H3/t8-/m1/s1. The molecule has 1 aliphatic rings. The van der Waals surface area contributed by atoms with E-state index in [1.807, 2.05) is 6.92 Å². The van der Waals surface area contributed by atoms with E-state index in [2.05, 4.69) is 9.97 Å². The Kier molecular flexibility index (Phi) is 3.82. The zero-order chi connectivity index (χ0) is 14.9. The summed E-state index contributed by atoms with van der Waals surface area (Å²) in [5.74, 6) is 0.249. The first-order valence-electron chi connectivity index (χ1n) is 6.20. The lowest BCUT2D eigenvalue weighted by Gasteiger charge is -2.39. The molecule has 0 saturated carbocycles. The minimum absolute atomic E-state index is 0.00941. The Bertz CT molecular complexity index is 488.